The first-order valence-electron chi connectivity index (χ1n) is 5.35. The number of hydrogen-bond acceptors (Lipinski definition) is 4. The van der Waals surface area contributed by atoms with Crippen molar-refractivity contribution in [3.63, 3.8) is 0 Å². The van der Waals surface area contributed by atoms with E-state index >= 15 is 0 Å². The molecule has 5 heteroatoms. The number of carbonyl (C=O) groups is 1. The monoisotopic (exact) mass is 246 g/mol. The SMILES string of the molecule is C=C(C)C(=O)OC(CC)[SiH2]C(C)(OC)OC. The van der Waals surface area contributed by atoms with Crippen LogP contribution in [-0.4, -0.2) is 40.8 Å². The third kappa shape index (κ3) is 4.91. The van der Waals surface area contributed by atoms with Crippen molar-refractivity contribution in [2.24, 2.45) is 0 Å². The van der Waals surface area contributed by atoms with Crippen LogP contribution in [0.5, 0.6) is 0 Å². The lowest BCUT2D eigenvalue weighted by Gasteiger charge is -2.29. The van der Waals surface area contributed by atoms with E-state index in [1.165, 1.54) is 0 Å². The van der Waals surface area contributed by atoms with Crippen molar-refractivity contribution < 1.29 is 19.0 Å². The summed E-state index contributed by atoms with van der Waals surface area (Å²) < 4.78 is 15.9. The lowest BCUT2D eigenvalue weighted by Crippen LogP contribution is -2.44. The highest BCUT2D eigenvalue weighted by atomic mass is 28.2. The zero-order valence-corrected chi connectivity index (χ0v) is 12.2. The van der Waals surface area contributed by atoms with Gasteiger partial charge in [-0.3, -0.25) is 0 Å². The topological polar surface area (TPSA) is 44.8 Å². The van der Waals surface area contributed by atoms with Crippen LogP contribution < -0.4 is 0 Å². The van der Waals surface area contributed by atoms with E-state index in [-0.39, 0.29) is 11.7 Å². The molecule has 0 aromatic rings. The highest BCUT2D eigenvalue weighted by Crippen LogP contribution is 2.13. The predicted octanol–water partition coefficient (Wildman–Crippen LogP) is 0.977. The maximum absolute atomic E-state index is 11.4. The van der Waals surface area contributed by atoms with Crippen LogP contribution in [-0.2, 0) is 19.0 Å². The summed E-state index contributed by atoms with van der Waals surface area (Å²) >= 11 is 0. The van der Waals surface area contributed by atoms with Crippen molar-refractivity contribution >= 4 is 15.5 Å². The molecule has 0 aliphatic heterocycles. The van der Waals surface area contributed by atoms with Crippen LogP contribution in [0.25, 0.3) is 0 Å². The van der Waals surface area contributed by atoms with Crippen LogP contribution in [0.15, 0.2) is 12.2 Å². The van der Waals surface area contributed by atoms with Crippen LogP contribution in [0.4, 0.5) is 0 Å². The fourth-order valence-corrected chi connectivity index (χ4v) is 2.87. The number of esters is 1. The molecule has 1 atom stereocenters. The van der Waals surface area contributed by atoms with E-state index in [0.717, 1.165) is 6.42 Å². The number of carbonyl (C=O) groups excluding carboxylic acids is 1. The van der Waals surface area contributed by atoms with Gasteiger partial charge in [-0.15, -0.1) is 0 Å². The largest absolute Gasteiger partial charge is 0.463 e. The molecule has 1 unspecified atom stereocenters. The Morgan fingerprint density at radius 1 is 1.44 bits per heavy atom. The molecule has 0 N–H and O–H groups in total. The van der Waals surface area contributed by atoms with Gasteiger partial charge in [-0.05, 0) is 20.3 Å². The summed E-state index contributed by atoms with van der Waals surface area (Å²) in [5.41, 5.74) is -0.256. The molecule has 0 aromatic heterocycles. The average Bonchev–Trinajstić information content (AvgIpc) is 2.27. The molecule has 0 rings (SSSR count). The summed E-state index contributed by atoms with van der Waals surface area (Å²) in [6, 6.07) is 0. The van der Waals surface area contributed by atoms with E-state index in [1.807, 2.05) is 13.8 Å². The molecule has 0 radical (unpaired) electrons. The third-order valence-corrected chi connectivity index (χ3v) is 5.06. The number of methoxy groups -OCH3 is 2. The normalized spacial score (nSPS) is 14.1. The molecule has 0 spiro atoms. The molecule has 16 heavy (non-hydrogen) atoms. The van der Waals surface area contributed by atoms with Crippen LogP contribution in [0.3, 0.4) is 0 Å². The maximum Gasteiger partial charge on any atom is 0.333 e. The second-order valence-corrected chi connectivity index (χ2v) is 6.57. The van der Waals surface area contributed by atoms with Gasteiger partial charge in [0, 0.05) is 19.8 Å². The van der Waals surface area contributed by atoms with Crippen LogP contribution in [0.1, 0.15) is 27.2 Å². The minimum atomic E-state index is -0.861. The second-order valence-electron chi connectivity index (χ2n) is 3.96. The molecule has 94 valence electrons. The smallest absolute Gasteiger partial charge is 0.333 e. The van der Waals surface area contributed by atoms with Crippen molar-refractivity contribution in [3.8, 4) is 0 Å². The lowest BCUT2D eigenvalue weighted by atomic mass is 10.4. The molecule has 0 heterocycles. The first-order valence-corrected chi connectivity index (χ1v) is 6.87. The van der Waals surface area contributed by atoms with Gasteiger partial charge in [0.15, 0.2) is 0 Å². The van der Waals surface area contributed by atoms with Gasteiger partial charge in [-0.2, -0.15) is 0 Å². The lowest BCUT2D eigenvalue weighted by molar-refractivity contribution is -0.145. The molecular formula is C11H22O4Si. The Labute approximate surface area is 99.8 Å². The van der Waals surface area contributed by atoms with Crippen LogP contribution in [0, 0.1) is 0 Å². The third-order valence-electron chi connectivity index (χ3n) is 2.54. The van der Waals surface area contributed by atoms with Gasteiger partial charge in [0.05, 0.1) is 5.73 Å². The molecule has 0 saturated carbocycles. The molecular weight excluding hydrogens is 224 g/mol. The Kier molecular flexibility index (Phi) is 6.55. The van der Waals surface area contributed by atoms with E-state index in [2.05, 4.69) is 6.58 Å². The Bertz CT molecular complexity index is 248. The zero-order chi connectivity index (χ0) is 12.8. The van der Waals surface area contributed by atoms with Gasteiger partial charge >= 0.3 is 5.97 Å². The molecule has 0 saturated heterocycles. The number of rotatable bonds is 7. The number of hydrogen-bond donors (Lipinski definition) is 0. The van der Waals surface area contributed by atoms with E-state index < -0.39 is 14.9 Å². The standard InChI is InChI=1S/C11H22O4Si/c1-7-9(15-10(12)8(2)3)16-11(4,13-5)14-6/h9H,2,7,16H2,1,3-6H3. The van der Waals surface area contributed by atoms with Crippen molar-refractivity contribution in [1.82, 2.24) is 0 Å². The van der Waals surface area contributed by atoms with Gasteiger partial charge < -0.3 is 14.2 Å². The van der Waals surface area contributed by atoms with Gasteiger partial charge in [-0.1, -0.05) is 13.5 Å². The number of ether oxygens (including phenoxy) is 3. The fourth-order valence-electron chi connectivity index (χ4n) is 1.18. The molecule has 0 aromatic carbocycles. The first-order chi connectivity index (χ1) is 7.38. The van der Waals surface area contributed by atoms with Gasteiger partial charge in [0.25, 0.3) is 0 Å². The van der Waals surface area contributed by atoms with Crippen LogP contribution >= 0.6 is 0 Å². The minimum Gasteiger partial charge on any atom is -0.463 e. The predicted molar refractivity (Wildman–Crippen MR) is 66.0 cm³/mol. The fraction of sp³-hybridized carbons (Fsp3) is 0.727. The highest BCUT2D eigenvalue weighted by Gasteiger charge is 2.29. The molecule has 0 aliphatic carbocycles. The summed E-state index contributed by atoms with van der Waals surface area (Å²) in [7, 11) is 2.34. The minimum absolute atomic E-state index is 0.0888. The van der Waals surface area contributed by atoms with Crippen molar-refractivity contribution in [2.75, 3.05) is 14.2 Å². The van der Waals surface area contributed by atoms with Crippen LogP contribution in [0.2, 0.25) is 0 Å². The summed E-state index contributed by atoms with van der Waals surface area (Å²) in [6.07, 6.45) is 0.771. The van der Waals surface area contributed by atoms with E-state index in [9.17, 15) is 4.79 Å². The van der Waals surface area contributed by atoms with Gasteiger partial charge in [-0.25, -0.2) is 4.79 Å². The molecule has 0 amide bonds. The van der Waals surface area contributed by atoms with Gasteiger partial charge in [0.2, 0.25) is 0 Å². The summed E-state index contributed by atoms with van der Waals surface area (Å²) in [4.78, 5) is 11.4. The highest BCUT2D eigenvalue weighted by molar-refractivity contribution is 6.40. The Morgan fingerprint density at radius 2 is 1.94 bits per heavy atom. The van der Waals surface area contributed by atoms with Crippen molar-refractivity contribution in [2.45, 2.75) is 38.3 Å². The van der Waals surface area contributed by atoms with Crippen molar-refractivity contribution in [3.05, 3.63) is 12.2 Å². The molecule has 0 fully saturated rings. The molecule has 4 nitrogen and oxygen atoms in total. The first kappa shape index (κ1) is 15.3. The Hall–Kier alpha value is -0.653. The molecule has 0 aliphatic rings. The van der Waals surface area contributed by atoms with E-state index in [0.29, 0.717) is 5.57 Å². The Morgan fingerprint density at radius 3 is 2.25 bits per heavy atom. The van der Waals surface area contributed by atoms with Gasteiger partial charge in [0.1, 0.15) is 14.9 Å². The molecule has 0 bridgehead atoms. The summed E-state index contributed by atoms with van der Waals surface area (Å²) in [5.74, 6) is -0.339. The van der Waals surface area contributed by atoms with Crippen molar-refractivity contribution in [1.29, 1.82) is 0 Å². The Balaban J connectivity index is 4.40. The zero-order valence-electron chi connectivity index (χ0n) is 10.8. The summed E-state index contributed by atoms with van der Waals surface area (Å²) in [6.45, 7) is 9.05. The van der Waals surface area contributed by atoms with E-state index in [1.54, 1.807) is 21.1 Å². The maximum atomic E-state index is 11.4. The summed E-state index contributed by atoms with van der Waals surface area (Å²) in [5, 5.41) is 0. The van der Waals surface area contributed by atoms with E-state index in [4.69, 9.17) is 14.2 Å². The quantitative estimate of drug-likeness (QED) is 0.291. The average molecular weight is 246 g/mol. The second kappa shape index (κ2) is 6.83.